The first-order valence-electron chi connectivity index (χ1n) is 7.85. The van der Waals surface area contributed by atoms with Gasteiger partial charge in [-0.1, -0.05) is 42.1 Å². The zero-order chi connectivity index (χ0) is 20.1. The first kappa shape index (κ1) is 20.5. The maximum absolute atomic E-state index is 12.3. The lowest BCUT2D eigenvalue weighted by molar-refractivity contribution is 0.0729. The minimum atomic E-state index is -0.545. The van der Waals surface area contributed by atoms with Crippen LogP contribution in [0.1, 0.15) is 16.1 Å². The monoisotopic (exact) mass is 453 g/mol. The smallest absolute Gasteiger partial charge is 0.363 e. The number of aromatic nitrogens is 1. The van der Waals surface area contributed by atoms with E-state index in [1.165, 1.54) is 11.3 Å². The summed E-state index contributed by atoms with van der Waals surface area (Å²) >= 11 is 17.3. The topological polar surface area (TPSA) is 71.5 Å². The van der Waals surface area contributed by atoms with Crippen LogP contribution in [0.2, 0.25) is 10.0 Å². The minimum Gasteiger partial charge on any atom is -0.422 e. The molecule has 0 saturated carbocycles. The second kappa shape index (κ2) is 9.29. The molecule has 144 valence electrons. The van der Waals surface area contributed by atoms with Crippen LogP contribution in [0.25, 0.3) is 0 Å². The number of thiol groups is 1. The summed E-state index contributed by atoms with van der Waals surface area (Å²) in [4.78, 5) is 28.0. The van der Waals surface area contributed by atoms with Gasteiger partial charge < -0.3 is 10.1 Å². The molecule has 1 aromatic heterocycles. The number of hydrogen-bond acceptors (Lipinski definition) is 6. The summed E-state index contributed by atoms with van der Waals surface area (Å²) < 4.78 is 6.36. The van der Waals surface area contributed by atoms with Gasteiger partial charge in [0.1, 0.15) is 5.75 Å². The van der Waals surface area contributed by atoms with Crippen LogP contribution in [-0.4, -0.2) is 17.0 Å². The molecule has 1 heterocycles. The van der Waals surface area contributed by atoms with Crippen LogP contribution >= 0.6 is 47.4 Å². The van der Waals surface area contributed by atoms with E-state index >= 15 is 0 Å². The Morgan fingerprint density at radius 3 is 2.54 bits per heavy atom. The van der Waals surface area contributed by atoms with Crippen LogP contribution in [0.4, 0.5) is 10.5 Å². The Kier molecular flexibility index (Phi) is 6.79. The number of thiazole rings is 1. The summed E-state index contributed by atoms with van der Waals surface area (Å²) in [6.45, 7) is 0.260. The quantitative estimate of drug-likeness (QED) is 0.315. The van der Waals surface area contributed by atoms with Gasteiger partial charge in [-0.05, 0) is 42.0 Å². The molecule has 2 aromatic carbocycles. The van der Waals surface area contributed by atoms with Crippen LogP contribution in [0, 0.1) is 0 Å². The second-order valence-electron chi connectivity index (χ2n) is 5.48. The summed E-state index contributed by atoms with van der Waals surface area (Å²) in [5.41, 5.74) is 3.10. The Morgan fingerprint density at radius 2 is 1.89 bits per heavy atom. The first-order chi connectivity index (χ1) is 13.4. The van der Waals surface area contributed by atoms with Crippen molar-refractivity contribution in [3.8, 4) is 5.75 Å². The van der Waals surface area contributed by atoms with E-state index in [0.29, 0.717) is 21.5 Å². The van der Waals surface area contributed by atoms with E-state index in [-0.39, 0.29) is 12.2 Å². The fourth-order valence-corrected chi connectivity index (χ4v) is 3.19. The highest BCUT2D eigenvalue weighted by atomic mass is 35.5. The zero-order valence-corrected chi connectivity index (χ0v) is 17.4. The summed E-state index contributed by atoms with van der Waals surface area (Å²) in [6, 6.07) is 11.0. The van der Waals surface area contributed by atoms with Gasteiger partial charge >= 0.3 is 12.0 Å². The van der Waals surface area contributed by atoms with E-state index in [2.05, 4.69) is 23.1 Å². The molecule has 0 bridgehead atoms. The third kappa shape index (κ3) is 5.17. The van der Waals surface area contributed by atoms with Crippen molar-refractivity contribution in [3.05, 3.63) is 74.7 Å². The Labute approximate surface area is 180 Å². The molecule has 3 aromatic rings. The molecule has 2 amide bonds. The molecule has 6 nitrogen and oxygen atoms in total. The molecule has 0 aliphatic heterocycles. The predicted octanol–water partition coefficient (Wildman–Crippen LogP) is 5.23. The van der Waals surface area contributed by atoms with Crippen molar-refractivity contribution >= 4 is 65.0 Å². The molecule has 3 rings (SSSR count). The van der Waals surface area contributed by atoms with Crippen LogP contribution in [0.5, 0.6) is 5.75 Å². The molecule has 0 aliphatic rings. The summed E-state index contributed by atoms with van der Waals surface area (Å²) in [5.74, 6) is -0.212. The first-order valence-corrected chi connectivity index (χ1v) is 9.95. The van der Waals surface area contributed by atoms with E-state index in [4.69, 9.17) is 27.9 Å². The molecular weight excluding hydrogens is 441 g/mol. The number of amides is 2. The Morgan fingerprint density at radius 1 is 1.14 bits per heavy atom. The van der Waals surface area contributed by atoms with Crippen molar-refractivity contribution in [2.24, 2.45) is 0 Å². The number of carbonyl (C=O) groups is 2. The lowest BCUT2D eigenvalue weighted by Crippen LogP contribution is -2.33. The molecule has 0 fully saturated rings. The van der Waals surface area contributed by atoms with E-state index < -0.39 is 12.0 Å². The predicted molar refractivity (Wildman–Crippen MR) is 114 cm³/mol. The van der Waals surface area contributed by atoms with Gasteiger partial charge in [0.2, 0.25) is 0 Å². The van der Waals surface area contributed by atoms with Gasteiger partial charge in [-0.15, -0.1) is 11.3 Å². The average molecular weight is 454 g/mol. The number of benzene rings is 2. The van der Waals surface area contributed by atoms with E-state index in [1.54, 1.807) is 53.4 Å². The van der Waals surface area contributed by atoms with E-state index in [9.17, 15) is 9.59 Å². The van der Waals surface area contributed by atoms with E-state index in [1.807, 2.05) is 0 Å². The van der Waals surface area contributed by atoms with Crippen molar-refractivity contribution in [1.82, 2.24) is 10.3 Å². The van der Waals surface area contributed by atoms with Gasteiger partial charge in [0, 0.05) is 11.9 Å². The maximum Gasteiger partial charge on any atom is 0.363 e. The maximum atomic E-state index is 12.3. The van der Waals surface area contributed by atoms with Crippen molar-refractivity contribution < 1.29 is 14.3 Å². The number of nitrogens with zero attached hydrogens (tertiary/aromatic N) is 2. The largest absolute Gasteiger partial charge is 0.422 e. The third-order valence-corrected chi connectivity index (χ3v) is 5.29. The Balaban J connectivity index is 1.57. The van der Waals surface area contributed by atoms with Crippen molar-refractivity contribution in [2.75, 3.05) is 4.31 Å². The number of rotatable bonds is 5. The van der Waals surface area contributed by atoms with Gasteiger partial charge in [-0.3, -0.25) is 0 Å². The highest BCUT2D eigenvalue weighted by Gasteiger charge is 2.14. The molecule has 0 unspecified atom stereocenters. The van der Waals surface area contributed by atoms with E-state index in [0.717, 1.165) is 9.87 Å². The lowest BCUT2D eigenvalue weighted by Gasteiger charge is -2.17. The lowest BCUT2D eigenvalue weighted by atomic mass is 10.2. The number of anilines is 1. The SMILES string of the molecule is O=C(Oc1ccc(N(S)C(=O)NCc2ccc(Cl)c(Cl)c2)cc1)c1cscn1. The molecule has 0 saturated heterocycles. The number of urea groups is 1. The summed E-state index contributed by atoms with van der Waals surface area (Å²) in [5, 5.41) is 5.19. The van der Waals surface area contributed by atoms with Crippen molar-refractivity contribution in [2.45, 2.75) is 6.54 Å². The fraction of sp³-hybridized carbons (Fsp3) is 0.0556. The molecule has 10 heteroatoms. The molecular formula is C18H13Cl2N3O3S2. The minimum absolute atomic E-state index is 0.242. The molecule has 1 N–H and O–H groups in total. The fourth-order valence-electron chi connectivity index (χ4n) is 2.15. The number of ether oxygens (including phenoxy) is 1. The normalized spacial score (nSPS) is 10.4. The second-order valence-corrected chi connectivity index (χ2v) is 7.41. The highest BCUT2D eigenvalue weighted by molar-refractivity contribution is 7.82. The van der Waals surface area contributed by atoms with Crippen LogP contribution in [0.15, 0.2) is 53.4 Å². The Hall–Kier alpha value is -2.26. The van der Waals surface area contributed by atoms with Crippen molar-refractivity contribution in [3.63, 3.8) is 0 Å². The van der Waals surface area contributed by atoms with Crippen LogP contribution in [0.3, 0.4) is 0 Å². The van der Waals surface area contributed by atoms with Gasteiger partial charge in [0.05, 0.1) is 21.2 Å². The number of esters is 1. The molecule has 0 radical (unpaired) electrons. The molecule has 0 spiro atoms. The third-order valence-electron chi connectivity index (χ3n) is 3.55. The molecule has 0 aliphatic carbocycles. The van der Waals surface area contributed by atoms with Crippen molar-refractivity contribution in [1.29, 1.82) is 0 Å². The number of nitrogens with one attached hydrogen (secondary N) is 1. The number of carbonyl (C=O) groups excluding carboxylic acids is 2. The summed E-state index contributed by atoms with van der Waals surface area (Å²) in [6.07, 6.45) is 0. The standard InChI is InChI=1S/C18H13Cl2N3O3S2/c19-14-6-1-11(7-15(14)20)8-21-18(25)23(27)12-2-4-13(5-3-12)26-17(24)16-9-28-10-22-16/h1-7,9-10,27H,8H2,(H,21,25). The van der Waals surface area contributed by atoms with Gasteiger partial charge in [0.25, 0.3) is 0 Å². The Bertz CT molecular complexity index is 982. The summed E-state index contributed by atoms with van der Waals surface area (Å²) in [7, 11) is 0. The number of hydrogen-bond donors (Lipinski definition) is 2. The molecule has 0 atom stereocenters. The average Bonchev–Trinajstić information content (AvgIpc) is 3.24. The highest BCUT2D eigenvalue weighted by Crippen LogP contribution is 2.24. The van der Waals surface area contributed by atoms with Crippen LogP contribution in [-0.2, 0) is 6.54 Å². The molecule has 28 heavy (non-hydrogen) atoms. The number of halogens is 2. The van der Waals surface area contributed by atoms with Crippen LogP contribution < -0.4 is 14.4 Å². The van der Waals surface area contributed by atoms with Gasteiger partial charge in [-0.2, -0.15) is 0 Å². The zero-order valence-electron chi connectivity index (χ0n) is 14.1. The van der Waals surface area contributed by atoms with Gasteiger partial charge in [0.15, 0.2) is 5.69 Å². The van der Waals surface area contributed by atoms with Gasteiger partial charge in [-0.25, -0.2) is 18.9 Å².